The summed E-state index contributed by atoms with van der Waals surface area (Å²) in [4.78, 5) is 9.90. The Balaban J connectivity index is 1.36. The molecule has 0 N–H and O–H groups in total. The first-order valence-electron chi connectivity index (χ1n) is 8.67. The van der Waals surface area contributed by atoms with E-state index in [-0.39, 0.29) is 0 Å². The van der Waals surface area contributed by atoms with Crippen molar-refractivity contribution in [3.05, 3.63) is 59.7 Å². The number of aryl methyl sites for hydroxylation is 1. The number of para-hydroxylation sites is 1. The Morgan fingerprint density at radius 2 is 1.75 bits per heavy atom. The van der Waals surface area contributed by atoms with Gasteiger partial charge in [-0.3, -0.25) is 4.90 Å². The van der Waals surface area contributed by atoms with Crippen molar-refractivity contribution < 1.29 is 0 Å². The van der Waals surface area contributed by atoms with Crippen LogP contribution in [0.15, 0.2) is 48.5 Å². The molecule has 124 valence electrons. The number of piperazine rings is 1. The minimum absolute atomic E-state index is 1.08. The number of fused-ring (bicyclic) bond motifs is 1. The van der Waals surface area contributed by atoms with Crippen LogP contribution >= 0.6 is 11.3 Å². The van der Waals surface area contributed by atoms with Crippen LogP contribution in [-0.4, -0.2) is 42.6 Å². The smallest absolute Gasteiger partial charge is 0.186 e. The summed E-state index contributed by atoms with van der Waals surface area (Å²) in [6, 6.07) is 17.2. The van der Waals surface area contributed by atoms with Crippen LogP contribution in [0.2, 0.25) is 0 Å². The second-order valence-electron chi connectivity index (χ2n) is 6.48. The molecular formula is C20H23N3S. The molecule has 0 amide bonds. The van der Waals surface area contributed by atoms with Crippen LogP contribution < -0.4 is 4.90 Å². The molecule has 2 aromatic carbocycles. The Morgan fingerprint density at radius 3 is 2.50 bits per heavy atom. The molecule has 4 heteroatoms. The van der Waals surface area contributed by atoms with Crippen LogP contribution in [0.3, 0.4) is 0 Å². The maximum absolute atomic E-state index is 4.88. The average Bonchev–Trinajstić information content (AvgIpc) is 3.07. The largest absolute Gasteiger partial charge is 0.345 e. The maximum atomic E-state index is 4.88. The van der Waals surface area contributed by atoms with Gasteiger partial charge in [-0.25, -0.2) is 4.98 Å². The second-order valence-corrected chi connectivity index (χ2v) is 7.49. The van der Waals surface area contributed by atoms with E-state index in [1.165, 1.54) is 26.5 Å². The summed E-state index contributed by atoms with van der Waals surface area (Å²) in [5.74, 6) is 0. The summed E-state index contributed by atoms with van der Waals surface area (Å²) >= 11 is 1.83. The average molecular weight is 337 g/mol. The summed E-state index contributed by atoms with van der Waals surface area (Å²) in [7, 11) is 0. The van der Waals surface area contributed by atoms with Crippen molar-refractivity contribution in [2.24, 2.45) is 0 Å². The molecule has 0 spiro atoms. The number of nitrogens with zero attached hydrogens (tertiary/aromatic N) is 3. The van der Waals surface area contributed by atoms with E-state index < -0.39 is 0 Å². The third-order valence-corrected chi connectivity index (χ3v) is 5.89. The molecule has 0 aliphatic carbocycles. The molecule has 0 unspecified atom stereocenters. The van der Waals surface area contributed by atoms with Crippen LogP contribution in [0, 0.1) is 6.92 Å². The van der Waals surface area contributed by atoms with Crippen LogP contribution in [0.4, 0.5) is 5.13 Å². The van der Waals surface area contributed by atoms with E-state index in [9.17, 15) is 0 Å². The van der Waals surface area contributed by atoms with Gasteiger partial charge in [0.05, 0.1) is 10.2 Å². The molecule has 0 bridgehead atoms. The third kappa shape index (κ3) is 3.30. The van der Waals surface area contributed by atoms with Gasteiger partial charge < -0.3 is 4.90 Å². The fourth-order valence-electron chi connectivity index (χ4n) is 3.30. The van der Waals surface area contributed by atoms with Crippen LogP contribution in [-0.2, 0) is 6.42 Å². The number of anilines is 1. The Labute approximate surface area is 147 Å². The second kappa shape index (κ2) is 6.91. The molecule has 1 saturated heterocycles. The van der Waals surface area contributed by atoms with E-state index >= 15 is 0 Å². The topological polar surface area (TPSA) is 19.4 Å². The number of thiazole rings is 1. The van der Waals surface area contributed by atoms with E-state index in [4.69, 9.17) is 4.98 Å². The Bertz CT molecular complexity index is 804. The van der Waals surface area contributed by atoms with Crippen molar-refractivity contribution in [1.82, 2.24) is 9.88 Å². The van der Waals surface area contributed by atoms with Crippen molar-refractivity contribution >= 4 is 26.7 Å². The van der Waals surface area contributed by atoms with Crippen molar-refractivity contribution in [1.29, 1.82) is 0 Å². The third-order valence-electron chi connectivity index (χ3n) is 4.81. The SMILES string of the molecule is Cc1cccc2sc(N3CCN(CCc4ccccc4)CC3)nc12. The zero-order valence-corrected chi connectivity index (χ0v) is 14.9. The molecule has 4 rings (SSSR count). The lowest BCUT2D eigenvalue weighted by molar-refractivity contribution is 0.261. The summed E-state index contributed by atoms with van der Waals surface area (Å²) < 4.78 is 1.30. The highest BCUT2D eigenvalue weighted by Crippen LogP contribution is 2.30. The molecule has 0 atom stereocenters. The first-order valence-corrected chi connectivity index (χ1v) is 9.48. The number of aromatic nitrogens is 1. The van der Waals surface area contributed by atoms with Gasteiger partial charge in [0, 0.05) is 32.7 Å². The fourth-order valence-corrected chi connectivity index (χ4v) is 4.40. The van der Waals surface area contributed by atoms with Gasteiger partial charge in [0.25, 0.3) is 0 Å². The molecule has 1 aromatic heterocycles. The summed E-state index contributed by atoms with van der Waals surface area (Å²) in [6.07, 6.45) is 1.14. The predicted molar refractivity (Wildman–Crippen MR) is 103 cm³/mol. The highest BCUT2D eigenvalue weighted by molar-refractivity contribution is 7.22. The van der Waals surface area contributed by atoms with Crippen LogP contribution in [0.25, 0.3) is 10.2 Å². The molecule has 0 radical (unpaired) electrons. The highest BCUT2D eigenvalue weighted by Gasteiger charge is 2.19. The Kier molecular flexibility index (Phi) is 4.50. The van der Waals surface area contributed by atoms with Gasteiger partial charge >= 0.3 is 0 Å². The maximum Gasteiger partial charge on any atom is 0.186 e. The van der Waals surface area contributed by atoms with Crippen molar-refractivity contribution in [2.75, 3.05) is 37.6 Å². The Morgan fingerprint density at radius 1 is 0.958 bits per heavy atom. The lowest BCUT2D eigenvalue weighted by atomic mass is 10.1. The molecule has 24 heavy (non-hydrogen) atoms. The number of hydrogen-bond donors (Lipinski definition) is 0. The molecule has 0 saturated carbocycles. The molecule has 1 aliphatic rings. The first-order chi connectivity index (χ1) is 11.8. The first kappa shape index (κ1) is 15.6. The molecule has 3 nitrogen and oxygen atoms in total. The zero-order chi connectivity index (χ0) is 16.4. The molecule has 1 fully saturated rings. The van der Waals surface area contributed by atoms with Crippen molar-refractivity contribution in [2.45, 2.75) is 13.3 Å². The molecule has 1 aliphatic heterocycles. The monoisotopic (exact) mass is 337 g/mol. The fraction of sp³-hybridized carbons (Fsp3) is 0.350. The van der Waals surface area contributed by atoms with E-state index in [1.807, 2.05) is 11.3 Å². The van der Waals surface area contributed by atoms with Crippen LogP contribution in [0.1, 0.15) is 11.1 Å². The van der Waals surface area contributed by atoms with Crippen LogP contribution in [0.5, 0.6) is 0 Å². The zero-order valence-electron chi connectivity index (χ0n) is 14.1. The lowest BCUT2D eigenvalue weighted by Crippen LogP contribution is -2.46. The van der Waals surface area contributed by atoms with Gasteiger partial charge in [-0.1, -0.05) is 53.8 Å². The van der Waals surface area contributed by atoms with Gasteiger partial charge in [-0.2, -0.15) is 0 Å². The van der Waals surface area contributed by atoms with E-state index in [0.29, 0.717) is 0 Å². The van der Waals surface area contributed by atoms with E-state index in [1.54, 1.807) is 0 Å². The van der Waals surface area contributed by atoms with Gasteiger partial charge in [0.15, 0.2) is 5.13 Å². The molecule has 3 aromatic rings. The normalized spacial score (nSPS) is 16.0. The number of benzene rings is 2. The molecular weight excluding hydrogens is 314 g/mol. The number of rotatable bonds is 4. The van der Waals surface area contributed by atoms with E-state index in [2.05, 4.69) is 65.3 Å². The van der Waals surface area contributed by atoms with Gasteiger partial charge in [0.1, 0.15) is 0 Å². The predicted octanol–water partition coefficient (Wildman–Crippen LogP) is 3.97. The van der Waals surface area contributed by atoms with E-state index in [0.717, 1.165) is 39.1 Å². The Hall–Kier alpha value is -1.91. The molecule has 2 heterocycles. The van der Waals surface area contributed by atoms with Crippen molar-refractivity contribution in [3.8, 4) is 0 Å². The standard InChI is InChI=1S/C20H23N3S/c1-16-6-5-9-18-19(16)21-20(24-18)23-14-12-22(13-15-23)11-10-17-7-3-2-4-8-17/h2-9H,10-15H2,1H3. The number of hydrogen-bond acceptors (Lipinski definition) is 4. The summed E-state index contributed by atoms with van der Waals surface area (Å²) in [6.45, 7) is 7.70. The summed E-state index contributed by atoms with van der Waals surface area (Å²) in [5.41, 5.74) is 3.88. The quantitative estimate of drug-likeness (QED) is 0.718. The minimum atomic E-state index is 1.08. The van der Waals surface area contributed by atoms with Gasteiger partial charge in [-0.15, -0.1) is 0 Å². The van der Waals surface area contributed by atoms with Crippen molar-refractivity contribution in [3.63, 3.8) is 0 Å². The minimum Gasteiger partial charge on any atom is -0.345 e. The summed E-state index contributed by atoms with van der Waals surface area (Å²) in [5, 5.41) is 1.18. The van der Waals surface area contributed by atoms with Gasteiger partial charge in [-0.05, 0) is 30.5 Å². The highest BCUT2D eigenvalue weighted by atomic mass is 32.1. The van der Waals surface area contributed by atoms with Gasteiger partial charge in [0.2, 0.25) is 0 Å². The lowest BCUT2D eigenvalue weighted by Gasteiger charge is -2.34.